The van der Waals surface area contributed by atoms with E-state index in [1.165, 1.54) is 28.2 Å². The predicted octanol–water partition coefficient (Wildman–Crippen LogP) is 3.48. The van der Waals surface area contributed by atoms with Crippen LogP contribution in [-0.2, 0) is 6.54 Å². The van der Waals surface area contributed by atoms with Crippen molar-refractivity contribution < 1.29 is 0 Å². The summed E-state index contributed by atoms with van der Waals surface area (Å²) in [4.78, 5) is 4.54. The Morgan fingerprint density at radius 2 is 2.20 bits per heavy atom. The van der Waals surface area contributed by atoms with Crippen LogP contribution in [0.5, 0.6) is 0 Å². The lowest BCUT2D eigenvalue weighted by atomic mass is 10.1. The Labute approximate surface area is 129 Å². The Morgan fingerprint density at radius 1 is 1.25 bits per heavy atom. The highest BCUT2D eigenvalue weighted by molar-refractivity contribution is 8.06. The number of hydrogen-bond donors (Lipinski definition) is 1. The van der Waals surface area contributed by atoms with Crippen molar-refractivity contribution in [2.45, 2.75) is 18.7 Å². The third-order valence-electron chi connectivity index (χ3n) is 3.48. The van der Waals surface area contributed by atoms with E-state index in [0.717, 1.165) is 29.6 Å². The molecule has 1 atom stereocenters. The van der Waals surface area contributed by atoms with Crippen LogP contribution in [0.25, 0.3) is 10.9 Å². The molecule has 0 amide bonds. The number of pyridine rings is 1. The summed E-state index contributed by atoms with van der Waals surface area (Å²) < 4.78 is 0. The number of thioether (sulfide) groups is 2. The molecule has 2 nitrogen and oxygen atoms in total. The van der Waals surface area contributed by atoms with Crippen molar-refractivity contribution in [2.75, 3.05) is 23.8 Å². The first-order valence-electron chi connectivity index (χ1n) is 7.07. The van der Waals surface area contributed by atoms with Gasteiger partial charge in [0.1, 0.15) is 0 Å². The lowest BCUT2D eigenvalue weighted by Gasteiger charge is -2.21. The first kappa shape index (κ1) is 14.2. The zero-order chi connectivity index (χ0) is 13.8. The van der Waals surface area contributed by atoms with Gasteiger partial charge in [0, 0.05) is 46.7 Å². The molecule has 0 bridgehead atoms. The summed E-state index contributed by atoms with van der Waals surface area (Å²) in [5.74, 6) is 3.91. The van der Waals surface area contributed by atoms with Gasteiger partial charge in [0.2, 0.25) is 0 Å². The number of nitrogens with zero attached hydrogens (tertiary/aromatic N) is 1. The Kier molecular flexibility index (Phi) is 4.86. The van der Waals surface area contributed by atoms with Crippen LogP contribution in [0, 0.1) is 6.92 Å². The van der Waals surface area contributed by atoms with Gasteiger partial charge in [-0.2, -0.15) is 23.5 Å². The number of fused-ring (bicyclic) bond motifs is 1. The van der Waals surface area contributed by atoms with Gasteiger partial charge in [-0.05, 0) is 30.7 Å². The van der Waals surface area contributed by atoms with E-state index >= 15 is 0 Å². The maximum atomic E-state index is 4.54. The van der Waals surface area contributed by atoms with Crippen LogP contribution >= 0.6 is 23.5 Å². The molecular weight excluding hydrogens is 284 g/mol. The normalized spacial score (nSPS) is 19.4. The quantitative estimate of drug-likeness (QED) is 0.935. The van der Waals surface area contributed by atoms with Crippen LogP contribution < -0.4 is 5.32 Å². The molecule has 1 aromatic heterocycles. The van der Waals surface area contributed by atoms with E-state index in [9.17, 15) is 0 Å². The molecule has 1 aromatic carbocycles. The molecular formula is C16H20N2S2. The fourth-order valence-corrected chi connectivity index (χ4v) is 5.07. The molecule has 0 radical (unpaired) electrons. The van der Waals surface area contributed by atoms with Gasteiger partial charge in [0.25, 0.3) is 0 Å². The van der Waals surface area contributed by atoms with Crippen molar-refractivity contribution in [2.24, 2.45) is 0 Å². The van der Waals surface area contributed by atoms with Crippen molar-refractivity contribution in [1.82, 2.24) is 10.3 Å². The lowest BCUT2D eigenvalue weighted by molar-refractivity contribution is 0.687. The zero-order valence-corrected chi connectivity index (χ0v) is 13.4. The SMILES string of the molecule is Cc1ccc2cc(CNCC3CSCCS3)ccc2n1. The summed E-state index contributed by atoms with van der Waals surface area (Å²) in [7, 11) is 0. The molecule has 106 valence electrons. The summed E-state index contributed by atoms with van der Waals surface area (Å²) in [5.41, 5.74) is 3.51. The van der Waals surface area contributed by atoms with Crippen molar-refractivity contribution >= 4 is 34.4 Å². The summed E-state index contributed by atoms with van der Waals surface area (Å²) in [5, 5.41) is 5.60. The molecule has 4 heteroatoms. The molecule has 20 heavy (non-hydrogen) atoms. The van der Waals surface area contributed by atoms with E-state index in [2.05, 4.69) is 64.2 Å². The number of aromatic nitrogens is 1. The minimum Gasteiger partial charge on any atom is -0.312 e. The third kappa shape index (κ3) is 3.68. The van der Waals surface area contributed by atoms with Crippen LogP contribution in [0.1, 0.15) is 11.3 Å². The molecule has 1 unspecified atom stereocenters. The van der Waals surface area contributed by atoms with Gasteiger partial charge in [-0.1, -0.05) is 12.1 Å². The van der Waals surface area contributed by atoms with Crippen molar-refractivity contribution in [1.29, 1.82) is 0 Å². The van der Waals surface area contributed by atoms with E-state index in [1.807, 2.05) is 6.92 Å². The van der Waals surface area contributed by atoms with Gasteiger partial charge in [-0.3, -0.25) is 4.98 Å². The molecule has 1 fully saturated rings. The molecule has 0 saturated carbocycles. The van der Waals surface area contributed by atoms with Crippen LogP contribution in [0.15, 0.2) is 30.3 Å². The fourth-order valence-electron chi connectivity index (χ4n) is 2.42. The molecule has 1 aliphatic rings. The second kappa shape index (κ2) is 6.83. The molecule has 2 heterocycles. The number of benzene rings is 1. The highest BCUT2D eigenvalue weighted by Crippen LogP contribution is 2.23. The average molecular weight is 304 g/mol. The van der Waals surface area contributed by atoms with Crippen LogP contribution in [-0.4, -0.2) is 34.0 Å². The Morgan fingerprint density at radius 3 is 3.05 bits per heavy atom. The van der Waals surface area contributed by atoms with Crippen LogP contribution in [0.4, 0.5) is 0 Å². The summed E-state index contributed by atoms with van der Waals surface area (Å²) in [6.45, 7) is 4.10. The van der Waals surface area contributed by atoms with Gasteiger partial charge < -0.3 is 5.32 Å². The molecule has 0 aliphatic carbocycles. The van der Waals surface area contributed by atoms with Gasteiger partial charge >= 0.3 is 0 Å². The first-order valence-corrected chi connectivity index (χ1v) is 9.28. The number of hydrogen-bond acceptors (Lipinski definition) is 4. The van der Waals surface area contributed by atoms with E-state index in [0.29, 0.717) is 0 Å². The average Bonchev–Trinajstić information content (AvgIpc) is 2.48. The smallest absolute Gasteiger partial charge is 0.0705 e. The highest BCUT2D eigenvalue weighted by atomic mass is 32.2. The number of nitrogens with one attached hydrogen (secondary N) is 1. The third-order valence-corrected chi connectivity index (χ3v) is 6.32. The molecule has 0 spiro atoms. The largest absolute Gasteiger partial charge is 0.312 e. The lowest BCUT2D eigenvalue weighted by Crippen LogP contribution is -2.28. The summed E-state index contributed by atoms with van der Waals surface area (Å²) in [6, 6.07) is 10.8. The minimum atomic E-state index is 0.776. The van der Waals surface area contributed by atoms with Gasteiger partial charge in [0.05, 0.1) is 5.52 Å². The van der Waals surface area contributed by atoms with E-state index < -0.39 is 0 Å². The second-order valence-electron chi connectivity index (χ2n) is 5.18. The molecule has 1 N–H and O–H groups in total. The minimum absolute atomic E-state index is 0.776. The Bertz CT molecular complexity index is 580. The highest BCUT2D eigenvalue weighted by Gasteiger charge is 2.13. The Hall–Kier alpha value is -0.710. The van der Waals surface area contributed by atoms with Gasteiger partial charge in [-0.15, -0.1) is 0 Å². The zero-order valence-electron chi connectivity index (χ0n) is 11.8. The summed E-state index contributed by atoms with van der Waals surface area (Å²) >= 11 is 4.19. The van der Waals surface area contributed by atoms with E-state index in [4.69, 9.17) is 0 Å². The monoisotopic (exact) mass is 304 g/mol. The first-order chi connectivity index (χ1) is 9.81. The topological polar surface area (TPSA) is 24.9 Å². The Balaban J connectivity index is 1.58. The molecule has 1 aliphatic heterocycles. The molecule has 1 saturated heterocycles. The van der Waals surface area contributed by atoms with Crippen molar-refractivity contribution in [3.05, 3.63) is 41.6 Å². The van der Waals surface area contributed by atoms with Crippen molar-refractivity contribution in [3.63, 3.8) is 0 Å². The fraction of sp³-hybridized carbons (Fsp3) is 0.438. The molecule has 2 aromatic rings. The van der Waals surface area contributed by atoms with Gasteiger partial charge in [-0.25, -0.2) is 0 Å². The maximum absolute atomic E-state index is 4.54. The van der Waals surface area contributed by atoms with E-state index in [1.54, 1.807) is 0 Å². The number of rotatable bonds is 4. The van der Waals surface area contributed by atoms with Crippen molar-refractivity contribution in [3.8, 4) is 0 Å². The standard InChI is InChI=1S/C16H20N2S2/c1-12-2-4-14-8-13(3-5-16(14)18-12)9-17-10-15-11-19-6-7-20-15/h2-5,8,15,17H,6-7,9-11H2,1H3. The predicted molar refractivity (Wildman–Crippen MR) is 91.8 cm³/mol. The summed E-state index contributed by atoms with van der Waals surface area (Å²) in [6.07, 6.45) is 0. The number of aryl methyl sites for hydroxylation is 1. The second-order valence-corrected chi connectivity index (χ2v) is 7.74. The maximum Gasteiger partial charge on any atom is 0.0705 e. The van der Waals surface area contributed by atoms with Crippen LogP contribution in [0.2, 0.25) is 0 Å². The molecule has 3 rings (SSSR count). The van der Waals surface area contributed by atoms with Crippen LogP contribution in [0.3, 0.4) is 0 Å². The van der Waals surface area contributed by atoms with E-state index in [-0.39, 0.29) is 0 Å². The van der Waals surface area contributed by atoms with Gasteiger partial charge in [0.15, 0.2) is 0 Å².